The molecule has 0 aliphatic carbocycles. The van der Waals surface area contributed by atoms with Gasteiger partial charge in [-0.1, -0.05) is 23.9 Å². The lowest BCUT2D eigenvalue weighted by Gasteiger charge is -2.10. The Kier molecular flexibility index (Phi) is 5.11. The van der Waals surface area contributed by atoms with Crippen LogP contribution in [0, 0.1) is 11.3 Å². The van der Waals surface area contributed by atoms with Crippen molar-refractivity contribution in [1.82, 2.24) is 9.97 Å². The summed E-state index contributed by atoms with van der Waals surface area (Å²) in [6, 6.07) is 16.8. The molecule has 0 fully saturated rings. The Morgan fingerprint density at radius 2 is 1.96 bits per heavy atom. The Hall–Kier alpha value is -3.11. The summed E-state index contributed by atoms with van der Waals surface area (Å²) < 4.78 is 4.65. The van der Waals surface area contributed by atoms with Gasteiger partial charge in [-0.25, -0.2) is 9.97 Å². The van der Waals surface area contributed by atoms with E-state index in [0.717, 1.165) is 16.6 Å². The molecular formula is C18H14N4O2S. The molecule has 0 unspecified atom stereocenters. The first-order valence-electron chi connectivity index (χ1n) is 7.43. The highest BCUT2D eigenvalue weighted by Gasteiger charge is 2.10. The van der Waals surface area contributed by atoms with E-state index < -0.39 is 0 Å². The fraction of sp³-hybridized carbons (Fsp3) is 0.111. The normalized spacial score (nSPS) is 10.2. The lowest BCUT2D eigenvalue weighted by molar-refractivity contribution is -0.137. The van der Waals surface area contributed by atoms with E-state index in [1.165, 1.54) is 18.9 Å². The summed E-state index contributed by atoms with van der Waals surface area (Å²) in [5, 5.41) is 13.5. The van der Waals surface area contributed by atoms with Gasteiger partial charge >= 0.3 is 5.97 Å². The molecule has 0 atom stereocenters. The minimum atomic E-state index is -0.330. The van der Waals surface area contributed by atoms with Crippen molar-refractivity contribution in [2.45, 2.75) is 5.16 Å². The molecule has 0 saturated heterocycles. The number of benzene rings is 2. The molecule has 3 rings (SSSR count). The molecule has 0 aliphatic heterocycles. The van der Waals surface area contributed by atoms with Crippen LogP contribution in [0.3, 0.4) is 0 Å². The highest BCUT2D eigenvalue weighted by molar-refractivity contribution is 7.99. The Morgan fingerprint density at radius 1 is 1.20 bits per heavy atom. The summed E-state index contributed by atoms with van der Waals surface area (Å²) in [6.07, 6.45) is 0. The molecule has 0 spiro atoms. The highest BCUT2D eigenvalue weighted by Crippen LogP contribution is 2.27. The molecule has 6 nitrogen and oxygen atoms in total. The molecule has 0 radical (unpaired) electrons. The van der Waals surface area contributed by atoms with Crippen molar-refractivity contribution < 1.29 is 9.53 Å². The molecule has 1 aromatic heterocycles. The zero-order chi connectivity index (χ0) is 17.6. The Balaban J connectivity index is 1.93. The van der Waals surface area contributed by atoms with Gasteiger partial charge in [0, 0.05) is 11.1 Å². The Bertz CT molecular complexity index is 951. The van der Waals surface area contributed by atoms with Crippen LogP contribution in [0.1, 0.15) is 5.56 Å². The first-order chi connectivity index (χ1) is 12.2. The standard InChI is InChI=1S/C18H14N4O2S/c1-24-16(23)11-25-18-21-15-5-3-2-4-14(15)17(22-18)20-13-8-6-12(10-19)7-9-13/h2-9H,11H2,1H3,(H,20,21,22). The molecule has 0 bridgehead atoms. The van der Waals surface area contributed by atoms with Crippen molar-refractivity contribution in [3.63, 3.8) is 0 Å². The fourth-order valence-corrected chi connectivity index (χ4v) is 2.85. The molecule has 124 valence electrons. The summed E-state index contributed by atoms with van der Waals surface area (Å²) >= 11 is 1.22. The lowest BCUT2D eigenvalue weighted by Crippen LogP contribution is -2.05. The predicted octanol–water partition coefficient (Wildman–Crippen LogP) is 3.51. The number of carbonyl (C=O) groups is 1. The van der Waals surface area contributed by atoms with Gasteiger partial charge in [0.15, 0.2) is 5.16 Å². The van der Waals surface area contributed by atoms with E-state index in [0.29, 0.717) is 16.5 Å². The lowest BCUT2D eigenvalue weighted by atomic mass is 10.2. The van der Waals surface area contributed by atoms with Crippen molar-refractivity contribution in [3.8, 4) is 6.07 Å². The van der Waals surface area contributed by atoms with Gasteiger partial charge in [-0.2, -0.15) is 5.26 Å². The molecule has 3 aromatic rings. The summed E-state index contributed by atoms with van der Waals surface area (Å²) in [7, 11) is 1.35. The van der Waals surface area contributed by atoms with Gasteiger partial charge in [-0.05, 0) is 36.4 Å². The monoisotopic (exact) mass is 350 g/mol. The second kappa shape index (κ2) is 7.64. The number of nitrogens with zero attached hydrogens (tertiary/aromatic N) is 3. The van der Waals surface area contributed by atoms with E-state index in [4.69, 9.17) is 5.26 Å². The second-order valence-corrected chi connectivity index (χ2v) is 5.99. The SMILES string of the molecule is COC(=O)CSc1nc(Nc2ccc(C#N)cc2)c2ccccc2n1. The minimum Gasteiger partial charge on any atom is -0.468 e. The van der Waals surface area contributed by atoms with Crippen LogP contribution in [0.15, 0.2) is 53.7 Å². The van der Waals surface area contributed by atoms with Crippen LogP contribution in [0.25, 0.3) is 10.9 Å². The van der Waals surface area contributed by atoms with Crippen molar-refractivity contribution in [2.75, 3.05) is 18.2 Å². The number of nitriles is 1. The first kappa shape index (κ1) is 16.7. The molecule has 25 heavy (non-hydrogen) atoms. The smallest absolute Gasteiger partial charge is 0.316 e. The van der Waals surface area contributed by atoms with E-state index in [9.17, 15) is 4.79 Å². The number of anilines is 2. The molecule has 7 heteroatoms. The van der Waals surface area contributed by atoms with Crippen LogP contribution in [0.2, 0.25) is 0 Å². The molecule has 1 heterocycles. The summed E-state index contributed by atoms with van der Waals surface area (Å²) in [5.41, 5.74) is 2.18. The number of rotatable bonds is 5. The average Bonchev–Trinajstić information content (AvgIpc) is 2.66. The van der Waals surface area contributed by atoms with E-state index in [-0.39, 0.29) is 11.7 Å². The van der Waals surface area contributed by atoms with Crippen molar-refractivity contribution in [2.24, 2.45) is 0 Å². The van der Waals surface area contributed by atoms with Crippen LogP contribution in [-0.4, -0.2) is 28.8 Å². The maximum absolute atomic E-state index is 11.3. The second-order valence-electron chi connectivity index (χ2n) is 5.05. The quantitative estimate of drug-likeness (QED) is 0.428. The number of esters is 1. The van der Waals surface area contributed by atoms with E-state index >= 15 is 0 Å². The van der Waals surface area contributed by atoms with Crippen molar-refractivity contribution in [3.05, 3.63) is 54.1 Å². The van der Waals surface area contributed by atoms with Crippen LogP contribution in [-0.2, 0) is 9.53 Å². The number of carbonyl (C=O) groups excluding carboxylic acids is 1. The number of methoxy groups -OCH3 is 1. The van der Waals surface area contributed by atoms with Gasteiger partial charge in [0.05, 0.1) is 30.0 Å². The maximum atomic E-state index is 11.3. The number of hydrogen-bond acceptors (Lipinski definition) is 7. The molecule has 0 amide bonds. The third kappa shape index (κ3) is 4.05. The zero-order valence-corrected chi connectivity index (χ0v) is 14.2. The predicted molar refractivity (Wildman–Crippen MR) is 96.7 cm³/mol. The van der Waals surface area contributed by atoms with Gasteiger partial charge in [0.2, 0.25) is 0 Å². The van der Waals surface area contributed by atoms with Gasteiger partial charge in [0.1, 0.15) is 5.82 Å². The summed E-state index contributed by atoms with van der Waals surface area (Å²) in [4.78, 5) is 20.3. The third-order valence-electron chi connectivity index (χ3n) is 3.41. The Morgan fingerprint density at radius 3 is 2.68 bits per heavy atom. The van der Waals surface area contributed by atoms with Crippen LogP contribution in [0.4, 0.5) is 11.5 Å². The van der Waals surface area contributed by atoms with Gasteiger partial charge in [-0.15, -0.1) is 0 Å². The molecule has 1 N–H and O–H groups in total. The van der Waals surface area contributed by atoms with Gasteiger partial charge in [-0.3, -0.25) is 4.79 Å². The highest BCUT2D eigenvalue weighted by atomic mass is 32.2. The minimum absolute atomic E-state index is 0.144. The summed E-state index contributed by atoms with van der Waals surface area (Å²) in [6.45, 7) is 0. The number of fused-ring (bicyclic) bond motifs is 1. The van der Waals surface area contributed by atoms with Gasteiger partial charge < -0.3 is 10.1 Å². The van der Waals surface area contributed by atoms with Crippen LogP contribution < -0.4 is 5.32 Å². The number of nitrogens with one attached hydrogen (secondary N) is 1. The largest absolute Gasteiger partial charge is 0.468 e. The first-order valence-corrected chi connectivity index (χ1v) is 8.42. The van der Waals surface area contributed by atoms with Crippen LogP contribution >= 0.6 is 11.8 Å². The molecule has 0 saturated carbocycles. The van der Waals surface area contributed by atoms with E-state index in [1.807, 2.05) is 36.4 Å². The number of ether oxygens (including phenoxy) is 1. The molecule has 0 aliphatic rings. The van der Waals surface area contributed by atoms with Gasteiger partial charge in [0.25, 0.3) is 0 Å². The number of thioether (sulfide) groups is 1. The number of aromatic nitrogens is 2. The van der Waals surface area contributed by atoms with Crippen molar-refractivity contribution >= 4 is 40.1 Å². The van der Waals surface area contributed by atoms with E-state index in [2.05, 4.69) is 26.1 Å². The van der Waals surface area contributed by atoms with Crippen molar-refractivity contribution in [1.29, 1.82) is 5.26 Å². The topological polar surface area (TPSA) is 87.9 Å². The average molecular weight is 350 g/mol. The molecular weight excluding hydrogens is 336 g/mol. The van der Waals surface area contributed by atoms with Crippen LogP contribution in [0.5, 0.6) is 0 Å². The Labute approximate surface area is 148 Å². The maximum Gasteiger partial charge on any atom is 0.316 e. The number of hydrogen-bond donors (Lipinski definition) is 1. The number of para-hydroxylation sites is 1. The summed E-state index contributed by atoms with van der Waals surface area (Å²) in [5.74, 6) is 0.455. The van der Waals surface area contributed by atoms with E-state index in [1.54, 1.807) is 12.1 Å². The molecule has 2 aromatic carbocycles. The zero-order valence-electron chi connectivity index (χ0n) is 13.4. The third-order valence-corrected chi connectivity index (χ3v) is 4.23. The fourth-order valence-electron chi connectivity index (χ4n) is 2.16.